The van der Waals surface area contributed by atoms with Crippen molar-refractivity contribution >= 4 is 17.7 Å². The van der Waals surface area contributed by atoms with Crippen molar-refractivity contribution in [3.8, 4) is 0 Å². The number of hydrogen-bond acceptors (Lipinski definition) is 6. The van der Waals surface area contributed by atoms with E-state index in [9.17, 15) is 14.4 Å². The van der Waals surface area contributed by atoms with Gasteiger partial charge < -0.3 is 14.2 Å². The predicted octanol–water partition coefficient (Wildman–Crippen LogP) is 3.46. The number of hydrogen-bond donors (Lipinski definition) is 0. The van der Waals surface area contributed by atoms with Gasteiger partial charge in [-0.25, -0.2) is 4.79 Å². The Morgan fingerprint density at radius 2 is 1.96 bits per heavy atom. The molecular formula is C22H30O6. The van der Waals surface area contributed by atoms with E-state index in [1.54, 1.807) is 26.8 Å². The van der Waals surface area contributed by atoms with Gasteiger partial charge in [0.2, 0.25) is 5.78 Å². The first kappa shape index (κ1) is 22.1. The number of carbonyl (C=O) groups excluding carboxylic acids is 3. The van der Waals surface area contributed by atoms with Crippen molar-refractivity contribution in [1.82, 2.24) is 0 Å². The number of ether oxygens (including phenoxy) is 3. The number of fused-ring (bicyclic) bond motifs is 1. The van der Waals surface area contributed by atoms with Crippen LogP contribution >= 0.6 is 0 Å². The Morgan fingerprint density at radius 3 is 2.50 bits per heavy atom. The molecule has 1 saturated carbocycles. The third-order valence-corrected chi connectivity index (χ3v) is 5.45. The van der Waals surface area contributed by atoms with E-state index in [4.69, 9.17) is 14.2 Å². The first-order chi connectivity index (χ1) is 13.0. The van der Waals surface area contributed by atoms with Gasteiger partial charge >= 0.3 is 11.9 Å². The standard InChI is InChI=1S/C22H30O6/c1-8-13(4)21(25)27-17(10-9-12(2)3)14(5)16-11-18-22(7,28-18)20(24)19(16)26-15(6)23/h8-9,16-19H,5,10-11H2,1-4,6-7H3/b13-8-/t16-,17?,18-,19+,22-/m0/s1. The van der Waals surface area contributed by atoms with Gasteiger partial charge in [0.15, 0.2) is 11.7 Å². The number of rotatable bonds is 7. The lowest BCUT2D eigenvalue weighted by Crippen LogP contribution is -2.48. The molecule has 0 radical (unpaired) electrons. The molecule has 28 heavy (non-hydrogen) atoms. The largest absolute Gasteiger partial charge is 0.454 e. The molecule has 1 heterocycles. The van der Waals surface area contributed by atoms with E-state index in [1.807, 2.05) is 19.9 Å². The van der Waals surface area contributed by atoms with Gasteiger partial charge in [-0.2, -0.15) is 0 Å². The van der Waals surface area contributed by atoms with Gasteiger partial charge in [0.25, 0.3) is 0 Å². The molecule has 1 saturated heterocycles. The molecule has 1 unspecified atom stereocenters. The maximum Gasteiger partial charge on any atom is 0.333 e. The molecule has 2 aliphatic rings. The van der Waals surface area contributed by atoms with Crippen molar-refractivity contribution in [3.63, 3.8) is 0 Å². The molecule has 0 N–H and O–H groups in total. The molecule has 154 valence electrons. The Bertz CT molecular complexity index is 742. The van der Waals surface area contributed by atoms with Gasteiger partial charge in [0.05, 0.1) is 6.10 Å². The van der Waals surface area contributed by atoms with E-state index in [-0.39, 0.29) is 11.9 Å². The molecule has 0 amide bonds. The summed E-state index contributed by atoms with van der Waals surface area (Å²) in [7, 11) is 0. The second-order valence-corrected chi connectivity index (χ2v) is 7.91. The Hall–Kier alpha value is -2.21. The van der Waals surface area contributed by atoms with Crippen LogP contribution in [-0.2, 0) is 28.6 Å². The van der Waals surface area contributed by atoms with E-state index < -0.39 is 35.7 Å². The average Bonchev–Trinajstić information content (AvgIpc) is 3.30. The third kappa shape index (κ3) is 4.61. The summed E-state index contributed by atoms with van der Waals surface area (Å²) >= 11 is 0. The summed E-state index contributed by atoms with van der Waals surface area (Å²) in [6.07, 6.45) is 2.72. The number of ketones is 1. The minimum atomic E-state index is -0.982. The summed E-state index contributed by atoms with van der Waals surface area (Å²) in [6, 6.07) is 0. The predicted molar refractivity (Wildman–Crippen MR) is 104 cm³/mol. The number of esters is 2. The monoisotopic (exact) mass is 390 g/mol. The third-order valence-electron chi connectivity index (χ3n) is 5.45. The van der Waals surface area contributed by atoms with Crippen LogP contribution in [0.5, 0.6) is 0 Å². The maximum atomic E-state index is 12.8. The fraction of sp³-hybridized carbons (Fsp3) is 0.591. The van der Waals surface area contributed by atoms with E-state index in [0.29, 0.717) is 24.0 Å². The van der Waals surface area contributed by atoms with Gasteiger partial charge in [-0.05, 0) is 46.6 Å². The smallest absolute Gasteiger partial charge is 0.333 e. The average molecular weight is 390 g/mol. The molecule has 0 aromatic rings. The first-order valence-corrected chi connectivity index (χ1v) is 9.56. The first-order valence-electron chi connectivity index (χ1n) is 9.56. The lowest BCUT2D eigenvalue weighted by molar-refractivity contribution is -0.159. The molecule has 6 nitrogen and oxygen atoms in total. The van der Waals surface area contributed by atoms with E-state index >= 15 is 0 Å². The molecule has 0 spiro atoms. The van der Waals surface area contributed by atoms with Crippen LogP contribution in [0.4, 0.5) is 0 Å². The van der Waals surface area contributed by atoms with Crippen molar-refractivity contribution in [3.05, 3.63) is 35.5 Å². The number of allylic oxidation sites excluding steroid dienone is 2. The zero-order chi connectivity index (χ0) is 21.2. The Kier molecular flexibility index (Phi) is 6.65. The summed E-state index contributed by atoms with van der Waals surface area (Å²) in [4.78, 5) is 36.8. The minimum Gasteiger partial charge on any atom is -0.454 e. The topological polar surface area (TPSA) is 82.2 Å². The molecular weight excluding hydrogens is 360 g/mol. The highest BCUT2D eigenvalue weighted by atomic mass is 16.6. The summed E-state index contributed by atoms with van der Waals surface area (Å²) in [5.41, 5.74) is 1.23. The Balaban J connectivity index is 2.29. The molecule has 2 fully saturated rings. The summed E-state index contributed by atoms with van der Waals surface area (Å²) in [5, 5.41) is 0. The Labute approximate surface area is 166 Å². The quantitative estimate of drug-likeness (QED) is 0.287. The van der Waals surface area contributed by atoms with Gasteiger partial charge in [-0.1, -0.05) is 24.3 Å². The lowest BCUT2D eigenvalue weighted by Gasteiger charge is -2.34. The Morgan fingerprint density at radius 1 is 1.32 bits per heavy atom. The van der Waals surface area contributed by atoms with Gasteiger partial charge in [-0.3, -0.25) is 9.59 Å². The van der Waals surface area contributed by atoms with Crippen molar-refractivity contribution in [2.45, 2.75) is 78.3 Å². The zero-order valence-corrected chi connectivity index (χ0v) is 17.5. The van der Waals surface area contributed by atoms with Crippen LogP contribution < -0.4 is 0 Å². The van der Waals surface area contributed by atoms with Crippen LogP contribution in [0.1, 0.15) is 54.4 Å². The van der Waals surface area contributed by atoms with Crippen molar-refractivity contribution in [1.29, 1.82) is 0 Å². The number of epoxide rings is 1. The van der Waals surface area contributed by atoms with Crippen LogP contribution in [0.3, 0.4) is 0 Å². The fourth-order valence-electron chi connectivity index (χ4n) is 3.43. The number of carbonyl (C=O) groups is 3. The molecule has 1 aliphatic heterocycles. The SMILES string of the molecule is C=C(C(CC=C(C)C)OC(=O)/C(C)=C\C)[C@@H]1C[C@@H]2O[C@]2(C)C(=O)[C@@H]1OC(C)=O. The van der Waals surface area contributed by atoms with E-state index in [1.165, 1.54) is 6.92 Å². The zero-order valence-electron chi connectivity index (χ0n) is 17.5. The van der Waals surface area contributed by atoms with Gasteiger partial charge in [0, 0.05) is 24.8 Å². The second-order valence-electron chi connectivity index (χ2n) is 7.91. The van der Waals surface area contributed by atoms with Crippen LogP contribution in [0, 0.1) is 5.92 Å². The molecule has 5 atom stereocenters. The number of Topliss-reactive ketones (excluding diaryl/α,β-unsaturated/α-hetero) is 1. The van der Waals surface area contributed by atoms with Gasteiger partial charge in [0.1, 0.15) is 6.10 Å². The van der Waals surface area contributed by atoms with Crippen molar-refractivity contribution < 1.29 is 28.6 Å². The molecule has 6 heteroatoms. The summed E-state index contributed by atoms with van der Waals surface area (Å²) in [6.45, 7) is 14.5. The van der Waals surface area contributed by atoms with Crippen molar-refractivity contribution in [2.75, 3.05) is 0 Å². The van der Waals surface area contributed by atoms with Crippen LogP contribution in [-0.4, -0.2) is 41.6 Å². The highest BCUT2D eigenvalue weighted by Gasteiger charge is 2.66. The summed E-state index contributed by atoms with van der Waals surface area (Å²) in [5.74, 6) is -1.70. The molecule has 0 aromatic carbocycles. The van der Waals surface area contributed by atoms with Crippen LogP contribution in [0.25, 0.3) is 0 Å². The molecule has 0 aromatic heterocycles. The molecule has 2 rings (SSSR count). The van der Waals surface area contributed by atoms with Gasteiger partial charge in [-0.15, -0.1) is 0 Å². The van der Waals surface area contributed by atoms with E-state index in [2.05, 4.69) is 6.58 Å². The fourth-order valence-corrected chi connectivity index (χ4v) is 3.43. The highest BCUT2D eigenvalue weighted by molar-refractivity contribution is 5.96. The lowest BCUT2D eigenvalue weighted by atomic mass is 9.74. The molecule has 1 aliphatic carbocycles. The molecule has 0 bridgehead atoms. The summed E-state index contributed by atoms with van der Waals surface area (Å²) < 4.78 is 16.6. The maximum absolute atomic E-state index is 12.8. The van der Waals surface area contributed by atoms with Crippen LogP contribution in [0.2, 0.25) is 0 Å². The normalized spacial score (nSPS) is 30.0. The highest BCUT2D eigenvalue weighted by Crippen LogP contribution is 2.50. The van der Waals surface area contributed by atoms with E-state index in [0.717, 1.165) is 5.57 Å². The van der Waals surface area contributed by atoms with Crippen LogP contribution in [0.15, 0.2) is 35.5 Å². The second kappa shape index (κ2) is 8.43. The minimum absolute atomic E-state index is 0.231. The van der Waals surface area contributed by atoms with Crippen molar-refractivity contribution in [2.24, 2.45) is 5.92 Å².